The van der Waals surface area contributed by atoms with Crippen LogP contribution in [-0.4, -0.2) is 16.7 Å². The molecule has 5 nitrogen and oxygen atoms in total. The Kier molecular flexibility index (Phi) is 3.49. The summed E-state index contributed by atoms with van der Waals surface area (Å²) in [6.07, 6.45) is 3.17. The number of nitrogens with two attached hydrogens (primary N) is 1. The summed E-state index contributed by atoms with van der Waals surface area (Å²) in [4.78, 5) is 4.40. The van der Waals surface area contributed by atoms with E-state index in [2.05, 4.69) is 10.1 Å². The Morgan fingerprint density at radius 1 is 1.35 bits per heavy atom. The van der Waals surface area contributed by atoms with Gasteiger partial charge < -0.3 is 15.0 Å². The number of aromatic nitrogens is 2. The van der Waals surface area contributed by atoms with Gasteiger partial charge in [0.1, 0.15) is 5.60 Å². The first-order chi connectivity index (χ1) is 8.03. The highest BCUT2D eigenvalue weighted by atomic mass is 16.5. The van der Waals surface area contributed by atoms with E-state index in [9.17, 15) is 0 Å². The minimum atomic E-state index is -0.406. The number of nitrogens with zero attached hydrogens (tertiary/aromatic N) is 2. The molecule has 1 aliphatic heterocycles. The van der Waals surface area contributed by atoms with E-state index in [-0.39, 0.29) is 12.0 Å². The second-order valence-electron chi connectivity index (χ2n) is 5.26. The molecule has 0 saturated carbocycles. The third-order valence-corrected chi connectivity index (χ3v) is 3.39. The summed E-state index contributed by atoms with van der Waals surface area (Å²) in [6.45, 7) is 6.85. The van der Waals surface area contributed by atoms with Crippen LogP contribution in [0.5, 0.6) is 0 Å². The van der Waals surface area contributed by atoms with Crippen LogP contribution in [0, 0.1) is 5.92 Å². The van der Waals surface area contributed by atoms with E-state index >= 15 is 0 Å². The van der Waals surface area contributed by atoms with Crippen molar-refractivity contribution in [3.8, 4) is 0 Å². The smallest absolute Gasteiger partial charge is 0.243 e. The topological polar surface area (TPSA) is 74.2 Å². The van der Waals surface area contributed by atoms with Crippen LogP contribution in [0.3, 0.4) is 0 Å². The molecule has 2 rings (SSSR count). The summed E-state index contributed by atoms with van der Waals surface area (Å²) < 4.78 is 11.0. The van der Waals surface area contributed by atoms with Gasteiger partial charge in [0.05, 0.1) is 6.04 Å². The summed E-state index contributed by atoms with van der Waals surface area (Å²) in [6, 6.07) is -0.205. The molecule has 1 fully saturated rings. The van der Waals surface area contributed by atoms with Gasteiger partial charge >= 0.3 is 0 Å². The van der Waals surface area contributed by atoms with Gasteiger partial charge in [-0.1, -0.05) is 19.0 Å². The zero-order chi connectivity index (χ0) is 12.5. The third-order valence-electron chi connectivity index (χ3n) is 3.39. The molecule has 0 spiro atoms. The highest BCUT2D eigenvalue weighted by molar-refractivity contribution is 5.02. The maximum absolute atomic E-state index is 5.99. The van der Waals surface area contributed by atoms with Crippen molar-refractivity contribution in [2.45, 2.75) is 51.7 Å². The second-order valence-corrected chi connectivity index (χ2v) is 5.26. The Labute approximate surface area is 102 Å². The highest BCUT2D eigenvalue weighted by Crippen LogP contribution is 2.33. The van der Waals surface area contributed by atoms with Gasteiger partial charge in [-0.2, -0.15) is 4.98 Å². The fourth-order valence-electron chi connectivity index (χ4n) is 1.98. The lowest BCUT2D eigenvalue weighted by molar-refractivity contribution is -0.0770. The number of ether oxygens (including phenoxy) is 1. The quantitative estimate of drug-likeness (QED) is 0.874. The Morgan fingerprint density at radius 2 is 2.12 bits per heavy atom. The molecule has 1 aromatic rings. The summed E-state index contributed by atoms with van der Waals surface area (Å²) in [7, 11) is 0. The Hall–Kier alpha value is -0.940. The molecular formula is C12H21N3O2. The van der Waals surface area contributed by atoms with Crippen LogP contribution >= 0.6 is 0 Å². The molecule has 0 aliphatic carbocycles. The third kappa shape index (κ3) is 2.50. The molecule has 0 aromatic carbocycles. The Balaban J connectivity index is 2.17. The van der Waals surface area contributed by atoms with Gasteiger partial charge in [-0.3, -0.25) is 0 Å². The maximum atomic E-state index is 5.99. The molecular weight excluding hydrogens is 218 g/mol. The predicted molar refractivity (Wildman–Crippen MR) is 63.2 cm³/mol. The monoisotopic (exact) mass is 239 g/mol. The number of hydrogen-bond acceptors (Lipinski definition) is 5. The van der Waals surface area contributed by atoms with Crippen LogP contribution in [-0.2, 0) is 10.3 Å². The summed E-state index contributed by atoms with van der Waals surface area (Å²) in [5.41, 5.74) is 5.58. The molecule has 2 atom stereocenters. The Bertz CT molecular complexity index is 370. The molecule has 5 heteroatoms. The van der Waals surface area contributed by atoms with Gasteiger partial charge in [-0.05, 0) is 32.1 Å². The lowest BCUT2D eigenvalue weighted by Crippen LogP contribution is -2.31. The van der Waals surface area contributed by atoms with Gasteiger partial charge in [-0.15, -0.1) is 0 Å². The molecule has 2 heterocycles. The van der Waals surface area contributed by atoms with Gasteiger partial charge in [-0.25, -0.2) is 0 Å². The fraction of sp³-hybridized carbons (Fsp3) is 0.833. The SMILES string of the molecule is CC(C)[C@@H](N)c1nc(C2(C)CCCCO2)no1. The van der Waals surface area contributed by atoms with Gasteiger partial charge in [0.15, 0.2) is 0 Å². The number of hydrogen-bond donors (Lipinski definition) is 1. The molecule has 0 amide bonds. The first-order valence-electron chi connectivity index (χ1n) is 6.26. The van der Waals surface area contributed by atoms with Crippen LogP contribution in [0.15, 0.2) is 4.52 Å². The number of rotatable bonds is 3. The molecule has 1 aliphatic rings. The molecule has 0 bridgehead atoms. The zero-order valence-electron chi connectivity index (χ0n) is 10.8. The first kappa shape index (κ1) is 12.5. The van der Waals surface area contributed by atoms with E-state index in [0.29, 0.717) is 11.7 Å². The van der Waals surface area contributed by atoms with Crippen LogP contribution in [0.4, 0.5) is 0 Å². The average molecular weight is 239 g/mol. The van der Waals surface area contributed by atoms with Crippen LogP contribution in [0.1, 0.15) is 57.8 Å². The van der Waals surface area contributed by atoms with Crippen molar-refractivity contribution in [3.63, 3.8) is 0 Å². The predicted octanol–water partition coefficient (Wildman–Crippen LogP) is 2.14. The summed E-state index contributed by atoms with van der Waals surface area (Å²) in [5.74, 6) is 1.41. The van der Waals surface area contributed by atoms with Gasteiger partial charge in [0.2, 0.25) is 11.7 Å². The van der Waals surface area contributed by atoms with Crippen LogP contribution in [0.25, 0.3) is 0 Å². The molecule has 17 heavy (non-hydrogen) atoms. The van der Waals surface area contributed by atoms with Crippen molar-refractivity contribution in [2.24, 2.45) is 11.7 Å². The van der Waals surface area contributed by atoms with Crippen molar-refractivity contribution in [1.29, 1.82) is 0 Å². The van der Waals surface area contributed by atoms with E-state index in [1.807, 2.05) is 20.8 Å². The molecule has 1 unspecified atom stereocenters. The molecule has 1 saturated heterocycles. The second kappa shape index (κ2) is 4.74. The maximum Gasteiger partial charge on any atom is 0.243 e. The minimum absolute atomic E-state index is 0.205. The van der Waals surface area contributed by atoms with Crippen molar-refractivity contribution in [2.75, 3.05) is 6.61 Å². The molecule has 1 aromatic heterocycles. The minimum Gasteiger partial charge on any atom is -0.367 e. The molecule has 0 radical (unpaired) electrons. The zero-order valence-corrected chi connectivity index (χ0v) is 10.8. The average Bonchev–Trinajstić information content (AvgIpc) is 2.78. The van der Waals surface area contributed by atoms with Gasteiger partial charge in [0.25, 0.3) is 0 Å². The van der Waals surface area contributed by atoms with Crippen molar-refractivity contribution in [1.82, 2.24) is 10.1 Å². The highest BCUT2D eigenvalue weighted by Gasteiger charge is 2.35. The van der Waals surface area contributed by atoms with Crippen molar-refractivity contribution < 1.29 is 9.26 Å². The van der Waals surface area contributed by atoms with E-state index in [1.54, 1.807) is 0 Å². The largest absolute Gasteiger partial charge is 0.367 e. The van der Waals surface area contributed by atoms with E-state index in [0.717, 1.165) is 25.9 Å². The van der Waals surface area contributed by atoms with E-state index in [4.69, 9.17) is 15.0 Å². The van der Waals surface area contributed by atoms with E-state index < -0.39 is 5.60 Å². The van der Waals surface area contributed by atoms with Crippen molar-refractivity contribution in [3.05, 3.63) is 11.7 Å². The first-order valence-corrected chi connectivity index (χ1v) is 6.26. The van der Waals surface area contributed by atoms with E-state index in [1.165, 1.54) is 0 Å². The summed E-state index contributed by atoms with van der Waals surface area (Å²) in [5, 5.41) is 4.02. The molecule has 96 valence electrons. The lowest BCUT2D eigenvalue weighted by Gasteiger charge is -2.30. The Morgan fingerprint density at radius 3 is 2.71 bits per heavy atom. The van der Waals surface area contributed by atoms with Gasteiger partial charge in [0, 0.05) is 6.61 Å². The van der Waals surface area contributed by atoms with Crippen LogP contribution < -0.4 is 5.73 Å². The summed E-state index contributed by atoms with van der Waals surface area (Å²) >= 11 is 0. The lowest BCUT2D eigenvalue weighted by atomic mass is 9.95. The molecule has 2 N–H and O–H groups in total. The van der Waals surface area contributed by atoms with Crippen molar-refractivity contribution >= 4 is 0 Å². The normalized spacial score (nSPS) is 27.4. The fourth-order valence-corrected chi connectivity index (χ4v) is 1.98. The van der Waals surface area contributed by atoms with Crippen LogP contribution in [0.2, 0.25) is 0 Å². The standard InChI is InChI=1S/C12H21N3O2/c1-8(2)9(13)10-14-11(15-17-10)12(3)6-4-5-7-16-12/h8-9H,4-7,13H2,1-3H3/t9-,12?/m1/s1.